The number of rotatable bonds is 23. The van der Waals surface area contributed by atoms with E-state index in [2.05, 4.69) is 68.9 Å². The van der Waals surface area contributed by atoms with Gasteiger partial charge in [0.1, 0.15) is 18.2 Å². The Labute approximate surface area is 354 Å². The zero-order valence-corrected chi connectivity index (χ0v) is 37.5. The molecule has 3 saturated carbocycles. The van der Waals surface area contributed by atoms with Gasteiger partial charge in [0, 0.05) is 32.4 Å². The Morgan fingerprint density at radius 1 is 0.797 bits per heavy atom. The van der Waals surface area contributed by atoms with Crippen LogP contribution in [0.15, 0.2) is 11.6 Å². The van der Waals surface area contributed by atoms with Gasteiger partial charge in [-0.3, -0.25) is 19.2 Å². The number of allylic oxidation sites excluding steroid dienone is 1. The van der Waals surface area contributed by atoms with E-state index in [1.807, 2.05) is 0 Å². The number of carbonyl (C=O) groups excluding carboxylic acids is 4. The molecule has 11 atom stereocenters. The number of hydrogen-bond donors (Lipinski definition) is 5. The second-order valence-electron chi connectivity index (χ2n) is 19.1. The Kier molecular flexibility index (Phi) is 18.6. The predicted octanol–water partition coefficient (Wildman–Crippen LogP) is 6.78. The third-order valence-corrected chi connectivity index (χ3v) is 15.1. The second-order valence-corrected chi connectivity index (χ2v) is 19.1. The SMILES string of the molecule is CC[C@H](CC[C@@H](C)[C@H]1CC[C@H]2[C@@H]3CC=C4C[C@@H](OC(=O)NCCNC(=O)CCOCCOCCC(=O)N[C@@H](C)C(=O)N[C@@H](C)C(=O)O)CC[C@]4(C)[C@H]3CC[C@]12C)C(C)C. The minimum atomic E-state index is -1.17. The van der Waals surface area contributed by atoms with Crippen molar-refractivity contribution in [3.05, 3.63) is 11.6 Å². The molecule has 0 aliphatic heterocycles. The zero-order chi connectivity index (χ0) is 43.3. The van der Waals surface area contributed by atoms with Crippen LogP contribution in [0.25, 0.3) is 0 Å². The third kappa shape index (κ3) is 13.2. The van der Waals surface area contributed by atoms with Crippen LogP contribution in [-0.2, 0) is 33.4 Å². The lowest BCUT2D eigenvalue weighted by Crippen LogP contribution is -2.51. The van der Waals surface area contributed by atoms with E-state index in [4.69, 9.17) is 19.3 Å². The molecule has 0 heterocycles. The van der Waals surface area contributed by atoms with E-state index < -0.39 is 36.0 Å². The fourth-order valence-electron chi connectivity index (χ4n) is 11.5. The van der Waals surface area contributed by atoms with Gasteiger partial charge in [-0.05, 0) is 117 Å². The number of alkyl carbamates (subject to hydrolysis) is 1. The number of amides is 4. The molecule has 13 nitrogen and oxygen atoms in total. The molecule has 0 unspecified atom stereocenters. The van der Waals surface area contributed by atoms with E-state index in [1.165, 1.54) is 70.8 Å². The molecule has 0 aromatic heterocycles. The van der Waals surface area contributed by atoms with Crippen LogP contribution in [0, 0.1) is 52.3 Å². The molecule has 59 heavy (non-hydrogen) atoms. The predicted molar refractivity (Wildman–Crippen MR) is 227 cm³/mol. The summed E-state index contributed by atoms with van der Waals surface area (Å²) in [4.78, 5) is 59.8. The fourth-order valence-corrected chi connectivity index (χ4v) is 11.5. The van der Waals surface area contributed by atoms with E-state index in [0.717, 1.165) is 60.7 Å². The molecule has 0 radical (unpaired) electrons. The van der Waals surface area contributed by atoms with Crippen molar-refractivity contribution in [1.29, 1.82) is 0 Å². The lowest BCUT2D eigenvalue weighted by Gasteiger charge is -2.58. The Balaban J connectivity index is 1.06. The minimum absolute atomic E-state index is 0.0214. The first-order valence-electron chi connectivity index (χ1n) is 22.9. The maximum absolute atomic E-state index is 12.7. The smallest absolute Gasteiger partial charge is 0.407 e. The monoisotopic (exact) mass is 831 g/mol. The second kappa shape index (κ2) is 22.6. The van der Waals surface area contributed by atoms with Gasteiger partial charge in [0.25, 0.3) is 0 Å². The summed E-state index contributed by atoms with van der Waals surface area (Å²) in [6.07, 6.45) is 15.6. The Morgan fingerprint density at radius 3 is 2.14 bits per heavy atom. The van der Waals surface area contributed by atoms with Crippen LogP contribution >= 0.6 is 0 Å². The summed E-state index contributed by atoms with van der Waals surface area (Å²) < 4.78 is 16.7. The Morgan fingerprint density at radius 2 is 1.47 bits per heavy atom. The number of fused-ring (bicyclic) bond motifs is 5. The largest absolute Gasteiger partial charge is 0.480 e. The molecule has 4 aliphatic rings. The molecule has 3 fully saturated rings. The summed E-state index contributed by atoms with van der Waals surface area (Å²) in [6.45, 7) is 19.0. The highest BCUT2D eigenvalue weighted by molar-refractivity contribution is 5.90. The van der Waals surface area contributed by atoms with Crippen LogP contribution in [0.1, 0.15) is 139 Å². The highest BCUT2D eigenvalue weighted by Crippen LogP contribution is 2.67. The summed E-state index contributed by atoms with van der Waals surface area (Å²) in [6, 6.07) is -1.94. The Hall–Kier alpha value is -3.19. The summed E-state index contributed by atoms with van der Waals surface area (Å²) in [5, 5.41) is 19.3. The quantitative estimate of drug-likeness (QED) is 0.0548. The number of hydrogen-bond acceptors (Lipinski definition) is 8. The van der Waals surface area contributed by atoms with Gasteiger partial charge in [-0.25, -0.2) is 4.79 Å². The molecule has 336 valence electrons. The summed E-state index contributed by atoms with van der Waals surface area (Å²) in [5.41, 5.74) is 2.16. The number of ether oxygens (including phenoxy) is 3. The molecule has 0 aromatic rings. The van der Waals surface area contributed by atoms with Gasteiger partial charge >= 0.3 is 12.1 Å². The molecular weight excluding hydrogens is 753 g/mol. The summed E-state index contributed by atoms with van der Waals surface area (Å²) >= 11 is 0. The standard InChI is InChI=1S/C46H78N4O9/c1-9-33(29(2)3)11-10-30(4)37-14-15-38-36-13-12-34-28-35(16-20-45(34,7)39(36)17-21-46(37,38)8)59-44(56)48-23-22-47-40(51)18-24-57-26-27-58-25-19-41(52)49-31(5)42(53)50-32(6)43(54)55/h12,29-33,35-39H,9-11,13-28H2,1-8H3,(H,47,51)(H,48,56)(H,49,52)(H,50,53)(H,54,55)/t30-,31+,32+,33-,35+,36+,37-,38+,39+,45+,46-/m1/s1. The average molecular weight is 831 g/mol. The molecule has 0 spiro atoms. The van der Waals surface area contributed by atoms with Gasteiger partial charge in [0.2, 0.25) is 17.7 Å². The van der Waals surface area contributed by atoms with Crippen molar-refractivity contribution in [3.63, 3.8) is 0 Å². The van der Waals surface area contributed by atoms with Crippen LogP contribution in [0.3, 0.4) is 0 Å². The molecule has 4 rings (SSSR count). The third-order valence-electron chi connectivity index (χ3n) is 15.1. The van der Waals surface area contributed by atoms with Crippen molar-refractivity contribution in [2.45, 2.75) is 157 Å². The van der Waals surface area contributed by atoms with Gasteiger partial charge in [-0.1, -0.05) is 66.0 Å². The van der Waals surface area contributed by atoms with E-state index in [-0.39, 0.29) is 69.8 Å². The van der Waals surface area contributed by atoms with Crippen LogP contribution < -0.4 is 21.3 Å². The summed E-state index contributed by atoms with van der Waals surface area (Å²) in [5.74, 6) is 3.23. The average Bonchev–Trinajstić information content (AvgIpc) is 3.54. The topological polar surface area (TPSA) is 181 Å². The molecule has 13 heteroatoms. The minimum Gasteiger partial charge on any atom is -0.480 e. The first kappa shape index (κ1) is 48.5. The van der Waals surface area contributed by atoms with Crippen molar-refractivity contribution in [1.82, 2.24) is 21.3 Å². The summed E-state index contributed by atoms with van der Waals surface area (Å²) in [7, 11) is 0. The van der Waals surface area contributed by atoms with Gasteiger partial charge in [-0.2, -0.15) is 0 Å². The number of aliphatic carboxylic acids is 1. The van der Waals surface area contributed by atoms with Gasteiger partial charge < -0.3 is 40.6 Å². The number of carboxylic acids is 1. The molecule has 0 bridgehead atoms. The van der Waals surface area contributed by atoms with Crippen molar-refractivity contribution in [2.24, 2.45) is 52.3 Å². The van der Waals surface area contributed by atoms with Crippen molar-refractivity contribution < 1.29 is 43.3 Å². The van der Waals surface area contributed by atoms with Gasteiger partial charge in [0.05, 0.1) is 26.4 Å². The van der Waals surface area contributed by atoms with E-state index in [1.54, 1.807) is 0 Å². The molecular formula is C46H78N4O9. The fraction of sp³-hybridized carbons (Fsp3) is 0.848. The normalized spacial score (nSPS) is 29.4. The Bertz CT molecular complexity index is 1450. The molecule has 5 N–H and O–H groups in total. The first-order valence-corrected chi connectivity index (χ1v) is 22.9. The lowest BCUT2D eigenvalue weighted by atomic mass is 9.47. The molecule has 4 amide bonds. The number of nitrogens with one attached hydrogen (secondary N) is 4. The highest BCUT2D eigenvalue weighted by atomic mass is 16.6. The van der Waals surface area contributed by atoms with Crippen LogP contribution in [0.2, 0.25) is 0 Å². The maximum atomic E-state index is 12.7. The van der Waals surface area contributed by atoms with Crippen LogP contribution in [-0.4, -0.2) is 92.6 Å². The molecule has 4 aliphatic carbocycles. The lowest BCUT2D eigenvalue weighted by molar-refractivity contribution is -0.141. The first-order chi connectivity index (χ1) is 28.0. The number of carboxylic acid groups (broad SMARTS) is 1. The van der Waals surface area contributed by atoms with E-state index in [9.17, 15) is 24.0 Å². The van der Waals surface area contributed by atoms with Crippen LogP contribution in [0.5, 0.6) is 0 Å². The van der Waals surface area contributed by atoms with Crippen molar-refractivity contribution in [3.8, 4) is 0 Å². The highest BCUT2D eigenvalue weighted by Gasteiger charge is 2.59. The maximum Gasteiger partial charge on any atom is 0.407 e. The van der Waals surface area contributed by atoms with Gasteiger partial charge in [-0.15, -0.1) is 0 Å². The number of carbonyl (C=O) groups is 5. The van der Waals surface area contributed by atoms with Gasteiger partial charge in [0.15, 0.2) is 0 Å². The van der Waals surface area contributed by atoms with Crippen molar-refractivity contribution in [2.75, 3.05) is 39.5 Å². The van der Waals surface area contributed by atoms with Crippen molar-refractivity contribution >= 4 is 29.8 Å². The van der Waals surface area contributed by atoms with E-state index >= 15 is 0 Å². The van der Waals surface area contributed by atoms with E-state index in [0.29, 0.717) is 5.41 Å². The molecule has 0 aromatic carbocycles. The zero-order valence-electron chi connectivity index (χ0n) is 37.5. The molecule has 0 saturated heterocycles. The van der Waals surface area contributed by atoms with Crippen LogP contribution in [0.4, 0.5) is 4.79 Å².